The van der Waals surface area contributed by atoms with Gasteiger partial charge >= 0.3 is 5.97 Å². The van der Waals surface area contributed by atoms with Gasteiger partial charge < -0.3 is 15.2 Å². The van der Waals surface area contributed by atoms with Crippen LogP contribution in [-0.4, -0.2) is 44.9 Å². The molecule has 2 aromatic heterocycles. The molecule has 8 nitrogen and oxygen atoms in total. The van der Waals surface area contributed by atoms with E-state index in [1.807, 2.05) is 13.8 Å². The molecular formula is C16H22N4O4. The van der Waals surface area contributed by atoms with E-state index in [2.05, 4.69) is 15.4 Å². The van der Waals surface area contributed by atoms with E-state index in [-0.39, 0.29) is 12.3 Å². The number of ether oxygens (including phenoxy) is 1. The first kappa shape index (κ1) is 17.7. The number of amides is 1. The smallest absolute Gasteiger partial charge is 0.325 e. The van der Waals surface area contributed by atoms with Crippen molar-refractivity contribution in [1.29, 1.82) is 0 Å². The van der Waals surface area contributed by atoms with Crippen molar-refractivity contribution in [2.75, 3.05) is 7.11 Å². The Hall–Kier alpha value is -2.64. The van der Waals surface area contributed by atoms with Crippen LogP contribution in [0, 0.1) is 13.8 Å². The first-order valence-electron chi connectivity index (χ1n) is 7.65. The summed E-state index contributed by atoms with van der Waals surface area (Å²) in [6, 6.07) is -0.904. The standard InChI is InChI=1S/C16H22N4O4/c1-8-11(6-7-12(21)17-10(3)16(22)23)9(2)18-14-13(8)15(24-5)19-20(14)4/h10H,6-7H2,1-5H3,(H,17,21)(H,22,23)/t10-/m0/s1. The fraction of sp³-hybridized carbons (Fsp3) is 0.500. The number of aromatic nitrogens is 3. The monoisotopic (exact) mass is 334 g/mol. The Morgan fingerprint density at radius 2 is 2.04 bits per heavy atom. The molecule has 1 atom stereocenters. The zero-order valence-corrected chi connectivity index (χ0v) is 14.5. The zero-order valence-electron chi connectivity index (χ0n) is 14.5. The highest BCUT2D eigenvalue weighted by Gasteiger charge is 2.19. The van der Waals surface area contributed by atoms with E-state index in [9.17, 15) is 9.59 Å². The van der Waals surface area contributed by atoms with Gasteiger partial charge in [0.15, 0.2) is 5.65 Å². The minimum atomic E-state index is -1.06. The van der Waals surface area contributed by atoms with Crippen molar-refractivity contribution in [2.24, 2.45) is 7.05 Å². The lowest BCUT2D eigenvalue weighted by Crippen LogP contribution is -2.38. The van der Waals surface area contributed by atoms with E-state index in [0.29, 0.717) is 12.3 Å². The second-order valence-corrected chi connectivity index (χ2v) is 5.76. The molecule has 0 aliphatic heterocycles. The number of aryl methyl sites for hydroxylation is 3. The lowest BCUT2D eigenvalue weighted by molar-refractivity contribution is -0.141. The first-order valence-corrected chi connectivity index (χ1v) is 7.65. The number of carboxylic acid groups (broad SMARTS) is 1. The van der Waals surface area contributed by atoms with Crippen molar-refractivity contribution in [3.63, 3.8) is 0 Å². The summed E-state index contributed by atoms with van der Waals surface area (Å²) in [5.74, 6) is -0.858. The number of rotatable bonds is 6. The number of methoxy groups -OCH3 is 1. The second kappa shape index (κ2) is 6.86. The summed E-state index contributed by atoms with van der Waals surface area (Å²) in [7, 11) is 3.36. The van der Waals surface area contributed by atoms with Crippen molar-refractivity contribution in [3.8, 4) is 5.88 Å². The lowest BCUT2D eigenvalue weighted by Gasteiger charge is -2.12. The molecule has 0 spiro atoms. The summed E-state index contributed by atoms with van der Waals surface area (Å²) >= 11 is 0. The van der Waals surface area contributed by atoms with Gasteiger partial charge in [0.2, 0.25) is 11.8 Å². The second-order valence-electron chi connectivity index (χ2n) is 5.76. The molecule has 0 bridgehead atoms. The summed E-state index contributed by atoms with van der Waals surface area (Å²) in [6.45, 7) is 5.28. The SMILES string of the molecule is COc1nn(C)c2nc(C)c(CCC(=O)N[C@@H](C)C(=O)O)c(C)c12. The van der Waals surface area contributed by atoms with Gasteiger partial charge in [0.1, 0.15) is 6.04 Å². The topological polar surface area (TPSA) is 106 Å². The molecule has 2 N–H and O–H groups in total. The predicted molar refractivity (Wildman–Crippen MR) is 88.1 cm³/mol. The Labute approximate surface area is 139 Å². The molecule has 0 unspecified atom stereocenters. The molecule has 2 aromatic rings. The van der Waals surface area contributed by atoms with Crippen LogP contribution in [0.3, 0.4) is 0 Å². The van der Waals surface area contributed by atoms with Gasteiger partial charge in [-0.1, -0.05) is 0 Å². The molecule has 8 heteroatoms. The van der Waals surface area contributed by atoms with Crippen LogP contribution in [-0.2, 0) is 23.1 Å². The van der Waals surface area contributed by atoms with Gasteiger partial charge in [0.05, 0.1) is 12.5 Å². The van der Waals surface area contributed by atoms with Crippen molar-refractivity contribution < 1.29 is 19.4 Å². The molecular weight excluding hydrogens is 312 g/mol. The van der Waals surface area contributed by atoms with E-state index in [0.717, 1.165) is 27.9 Å². The van der Waals surface area contributed by atoms with Crippen LogP contribution in [0.1, 0.15) is 30.2 Å². The fourth-order valence-electron chi connectivity index (χ4n) is 2.72. The number of nitrogens with zero attached hydrogens (tertiary/aromatic N) is 3. The summed E-state index contributed by atoms with van der Waals surface area (Å²) < 4.78 is 6.98. The van der Waals surface area contributed by atoms with Crippen molar-refractivity contribution in [2.45, 2.75) is 39.7 Å². The van der Waals surface area contributed by atoms with Gasteiger partial charge in [0.25, 0.3) is 0 Å². The Kier molecular flexibility index (Phi) is 5.06. The Morgan fingerprint density at radius 3 is 2.62 bits per heavy atom. The van der Waals surface area contributed by atoms with Crippen LogP contribution >= 0.6 is 0 Å². The normalized spacial score (nSPS) is 12.2. The van der Waals surface area contributed by atoms with Crippen LogP contribution < -0.4 is 10.1 Å². The molecule has 0 radical (unpaired) electrons. The molecule has 130 valence electrons. The largest absolute Gasteiger partial charge is 0.480 e. The average molecular weight is 334 g/mol. The molecule has 24 heavy (non-hydrogen) atoms. The highest BCUT2D eigenvalue weighted by atomic mass is 16.5. The van der Waals surface area contributed by atoms with Crippen LogP contribution in [0.15, 0.2) is 0 Å². The molecule has 0 aromatic carbocycles. The maximum absolute atomic E-state index is 11.9. The van der Waals surface area contributed by atoms with Gasteiger partial charge in [-0.25, -0.2) is 9.67 Å². The van der Waals surface area contributed by atoms with Gasteiger partial charge in [-0.3, -0.25) is 9.59 Å². The fourth-order valence-corrected chi connectivity index (χ4v) is 2.72. The van der Waals surface area contributed by atoms with Crippen LogP contribution in [0.25, 0.3) is 11.0 Å². The number of hydrogen-bond donors (Lipinski definition) is 2. The molecule has 0 aliphatic carbocycles. The third kappa shape index (κ3) is 3.32. The number of carbonyl (C=O) groups excluding carboxylic acids is 1. The van der Waals surface area contributed by atoms with Crippen molar-refractivity contribution >= 4 is 22.9 Å². The summed E-state index contributed by atoms with van der Waals surface area (Å²) in [5, 5.41) is 16.4. The molecule has 0 aliphatic rings. The number of pyridine rings is 1. The predicted octanol–water partition coefficient (Wildman–Crippen LogP) is 1.12. The van der Waals surface area contributed by atoms with Crippen molar-refractivity contribution in [3.05, 3.63) is 16.8 Å². The molecule has 0 saturated heterocycles. The highest BCUT2D eigenvalue weighted by molar-refractivity contribution is 5.87. The number of nitrogens with one attached hydrogen (secondary N) is 1. The quantitative estimate of drug-likeness (QED) is 0.820. The molecule has 0 fully saturated rings. The Morgan fingerprint density at radius 1 is 1.38 bits per heavy atom. The van der Waals surface area contributed by atoms with Gasteiger partial charge in [-0.05, 0) is 38.3 Å². The van der Waals surface area contributed by atoms with E-state index in [4.69, 9.17) is 9.84 Å². The van der Waals surface area contributed by atoms with E-state index >= 15 is 0 Å². The van der Waals surface area contributed by atoms with Gasteiger partial charge in [-0.2, -0.15) is 0 Å². The average Bonchev–Trinajstić information content (AvgIpc) is 2.83. The first-order chi connectivity index (χ1) is 11.3. The van der Waals surface area contributed by atoms with Crippen LogP contribution in [0.4, 0.5) is 0 Å². The zero-order chi connectivity index (χ0) is 18.0. The van der Waals surface area contributed by atoms with Crippen LogP contribution in [0.2, 0.25) is 0 Å². The maximum atomic E-state index is 11.9. The number of hydrogen-bond acceptors (Lipinski definition) is 5. The Bertz CT molecular complexity index is 797. The summed E-state index contributed by atoms with van der Waals surface area (Å²) in [4.78, 5) is 27.3. The van der Waals surface area contributed by atoms with Gasteiger partial charge in [0, 0.05) is 19.2 Å². The third-order valence-electron chi connectivity index (χ3n) is 4.07. The number of carbonyl (C=O) groups is 2. The number of carboxylic acids is 1. The lowest BCUT2D eigenvalue weighted by atomic mass is 10.00. The minimum absolute atomic E-state index is 0.190. The van der Waals surface area contributed by atoms with E-state index < -0.39 is 12.0 Å². The van der Waals surface area contributed by atoms with E-state index in [1.165, 1.54) is 6.92 Å². The Balaban J connectivity index is 2.26. The number of aliphatic carboxylic acids is 1. The van der Waals surface area contributed by atoms with E-state index in [1.54, 1.807) is 18.8 Å². The van der Waals surface area contributed by atoms with Crippen molar-refractivity contribution in [1.82, 2.24) is 20.1 Å². The van der Waals surface area contributed by atoms with Gasteiger partial charge in [-0.15, -0.1) is 5.10 Å². The van der Waals surface area contributed by atoms with Crippen LogP contribution in [0.5, 0.6) is 5.88 Å². The number of fused-ring (bicyclic) bond motifs is 1. The maximum Gasteiger partial charge on any atom is 0.325 e. The molecule has 2 rings (SSSR count). The summed E-state index contributed by atoms with van der Waals surface area (Å²) in [6.07, 6.45) is 0.659. The third-order valence-corrected chi connectivity index (χ3v) is 4.07. The highest BCUT2D eigenvalue weighted by Crippen LogP contribution is 2.30. The molecule has 2 heterocycles. The summed E-state index contributed by atoms with van der Waals surface area (Å²) in [5.41, 5.74) is 3.48. The minimum Gasteiger partial charge on any atom is -0.480 e. The molecule has 1 amide bonds. The molecule has 0 saturated carbocycles.